The topological polar surface area (TPSA) is 74.8 Å². The molecule has 0 saturated carbocycles. The first-order valence-corrected chi connectivity index (χ1v) is 8.07. The van der Waals surface area contributed by atoms with Crippen LogP contribution in [0, 0.1) is 11.8 Å². The van der Waals surface area contributed by atoms with Crippen molar-refractivity contribution in [3.63, 3.8) is 0 Å². The van der Waals surface area contributed by atoms with E-state index in [9.17, 15) is 19.2 Å². The first-order valence-electron chi connectivity index (χ1n) is 8.07. The number of rotatable bonds is 11. The van der Waals surface area contributed by atoms with Crippen LogP contribution in [0.3, 0.4) is 0 Å². The van der Waals surface area contributed by atoms with Crippen molar-refractivity contribution in [3.05, 3.63) is 0 Å². The number of carbonyl (C=O) groups excluding carboxylic acids is 4. The summed E-state index contributed by atoms with van der Waals surface area (Å²) >= 11 is 0. The van der Waals surface area contributed by atoms with E-state index in [4.69, 9.17) is 0 Å². The number of amides is 1. The van der Waals surface area contributed by atoms with Crippen LogP contribution in [0.1, 0.15) is 41.5 Å². The zero-order chi connectivity index (χ0) is 18.2. The molecule has 0 saturated heterocycles. The van der Waals surface area contributed by atoms with E-state index in [1.54, 1.807) is 18.7 Å². The number of Topliss-reactive ketones (excluding diaryl/α,β-unsaturated/α-hetero) is 3. The molecular formula is C17H30N2O4. The van der Waals surface area contributed by atoms with Crippen molar-refractivity contribution in [2.45, 2.75) is 41.5 Å². The zero-order valence-corrected chi connectivity index (χ0v) is 15.2. The van der Waals surface area contributed by atoms with E-state index in [2.05, 4.69) is 0 Å². The van der Waals surface area contributed by atoms with Gasteiger partial charge >= 0.3 is 0 Å². The average molecular weight is 326 g/mol. The zero-order valence-electron chi connectivity index (χ0n) is 15.2. The van der Waals surface area contributed by atoms with Crippen molar-refractivity contribution in [2.24, 2.45) is 11.8 Å². The summed E-state index contributed by atoms with van der Waals surface area (Å²) in [5, 5.41) is 0. The minimum atomic E-state index is -0.201. The summed E-state index contributed by atoms with van der Waals surface area (Å²) in [7, 11) is 0. The van der Waals surface area contributed by atoms with Gasteiger partial charge in [0.15, 0.2) is 0 Å². The van der Waals surface area contributed by atoms with Crippen molar-refractivity contribution < 1.29 is 19.2 Å². The van der Waals surface area contributed by atoms with Crippen LogP contribution in [-0.4, -0.2) is 65.8 Å². The summed E-state index contributed by atoms with van der Waals surface area (Å²) in [5.74, 6) is -0.467. The fourth-order valence-electron chi connectivity index (χ4n) is 2.10. The first kappa shape index (κ1) is 21.4. The monoisotopic (exact) mass is 326 g/mol. The maximum atomic E-state index is 12.2. The number of carbonyl (C=O) groups is 4. The predicted octanol–water partition coefficient (Wildman–Crippen LogP) is 1.18. The van der Waals surface area contributed by atoms with Crippen LogP contribution < -0.4 is 0 Å². The van der Waals surface area contributed by atoms with Gasteiger partial charge in [-0.15, -0.1) is 0 Å². The van der Waals surface area contributed by atoms with Gasteiger partial charge in [-0.3, -0.25) is 24.1 Å². The molecule has 0 bridgehead atoms. The van der Waals surface area contributed by atoms with Crippen LogP contribution in [0.25, 0.3) is 0 Å². The molecule has 132 valence electrons. The Balaban J connectivity index is 4.86. The molecule has 1 amide bonds. The highest BCUT2D eigenvalue weighted by molar-refractivity contribution is 5.85. The molecule has 6 nitrogen and oxygen atoms in total. The third-order valence-electron chi connectivity index (χ3n) is 3.37. The lowest BCUT2D eigenvalue weighted by Crippen LogP contribution is -2.45. The minimum absolute atomic E-state index is 0.0325. The van der Waals surface area contributed by atoms with Crippen molar-refractivity contribution in [3.8, 4) is 0 Å². The maximum Gasteiger partial charge on any atom is 0.225 e. The number of nitrogens with zero attached hydrogens (tertiary/aromatic N) is 2. The normalized spacial score (nSPS) is 11.2. The molecule has 0 atom stereocenters. The Morgan fingerprint density at radius 3 is 1.65 bits per heavy atom. The molecular weight excluding hydrogens is 296 g/mol. The second-order valence-corrected chi connectivity index (χ2v) is 6.65. The van der Waals surface area contributed by atoms with Crippen LogP contribution in [-0.2, 0) is 19.2 Å². The van der Waals surface area contributed by atoms with E-state index in [-0.39, 0.29) is 54.7 Å². The van der Waals surface area contributed by atoms with E-state index >= 15 is 0 Å². The highest BCUT2D eigenvalue weighted by Gasteiger charge is 2.21. The van der Waals surface area contributed by atoms with E-state index in [1.807, 2.05) is 13.8 Å². The Hall–Kier alpha value is -1.56. The molecule has 0 aromatic heterocycles. The van der Waals surface area contributed by atoms with E-state index < -0.39 is 0 Å². The quantitative estimate of drug-likeness (QED) is 0.570. The van der Waals surface area contributed by atoms with Gasteiger partial charge in [0.2, 0.25) is 5.91 Å². The van der Waals surface area contributed by atoms with E-state index in [1.165, 1.54) is 18.7 Å². The van der Waals surface area contributed by atoms with Crippen LogP contribution >= 0.6 is 0 Å². The van der Waals surface area contributed by atoms with Gasteiger partial charge in [0.05, 0.1) is 19.6 Å². The molecule has 0 aromatic carbocycles. The summed E-state index contributed by atoms with van der Waals surface area (Å²) in [6, 6.07) is 0. The molecule has 6 heteroatoms. The largest absolute Gasteiger partial charge is 0.334 e. The summed E-state index contributed by atoms with van der Waals surface area (Å²) in [6.07, 6.45) is 0. The molecule has 0 unspecified atom stereocenters. The van der Waals surface area contributed by atoms with Crippen LogP contribution in [0.2, 0.25) is 0 Å². The fraction of sp³-hybridized carbons (Fsp3) is 0.765. The Bertz CT molecular complexity index is 444. The van der Waals surface area contributed by atoms with Gasteiger partial charge in [0, 0.05) is 24.9 Å². The summed E-state index contributed by atoms with van der Waals surface area (Å²) in [5.41, 5.74) is 0. The average Bonchev–Trinajstić information content (AvgIpc) is 2.40. The van der Waals surface area contributed by atoms with Gasteiger partial charge in [-0.2, -0.15) is 0 Å². The summed E-state index contributed by atoms with van der Waals surface area (Å²) < 4.78 is 0. The Morgan fingerprint density at radius 1 is 0.739 bits per heavy atom. The van der Waals surface area contributed by atoms with E-state index in [0.29, 0.717) is 13.1 Å². The molecule has 0 rings (SSSR count). The number of hydrogen-bond acceptors (Lipinski definition) is 5. The molecule has 0 spiro atoms. The molecule has 23 heavy (non-hydrogen) atoms. The lowest BCUT2D eigenvalue weighted by molar-refractivity contribution is -0.137. The molecule has 0 radical (unpaired) electrons. The summed E-state index contributed by atoms with van der Waals surface area (Å²) in [4.78, 5) is 50.1. The maximum absolute atomic E-state index is 12.2. The lowest BCUT2D eigenvalue weighted by Gasteiger charge is -2.28. The Kier molecular flexibility index (Phi) is 9.56. The summed E-state index contributed by atoms with van der Waals surface area (Å²) in [6.45, 7) is 11.2. The lowest BCUT2D eigenvalue weighted by atomic mass is 10.1. The van der Waals surface area contributed by atoms with Gasteiger partial charge in [0.25, 0.3) is 0 Å². The van der Waals surface area contributed by atoms with Crippen molar-refractivity contribution >= 4 is 23.3 Å². The fourth-order valence-corrected chi connectivity index (χ4v) is 2.10. The molecule has 0 aliphatic rings. The van der Waals surface area contributed by atoms with Gasteiger partial charge in [-0.1, -0.05) is 27.7 Å². The Labute approximate surface area is 139 Å². The van der Waals surface area contributed by atoms with Gasteiger partial charge in [0.1, 0.15) is 17.3 Å². The Morgan fingerprint density at radius 2 is 1.26 bits per heavy atom. The highest BCUT2D eigenvalue weighted by atomic mass is 16.2. The number of hydrogen-bond donors (Lipinski definition) is 0. The predicted molar refractivity (Wildman–Crippen MR) is 89.1 cm³/mol. The third-order valence-corrected chi connectivity index (χ3v) is 3.37. The smallest absolute Gasteiger partial charge is 0.225 e. The molecule has 0 fully saturated rings. The van der Waals surface area contributed by atoms with Crippen LogP contribution in [0.15, 0.2) is 0 Å². The van der Waals surface area contributed by atoms with Crippen LogP contribution in [0.4, 0.5) is 0 Å². The standard InChI is InChI=1S/C17H30N2O4/c1-12(2)16(22)11-18(9-14(5)20)7-8-19(10-15(6)21)17(23)13(3)4/h12-13H,7-11H2,1-6H3. The molecule has 0 heterocycles. The molecule has 0 N–H and O–H groups in total. The van der Waals surface area contributed by atoms with Gasteiger partial charge < -0.3 is 4.90 Å². The highest BCUT2D eigenvalue weighted by Crippen LogP contribution is 2.04. The molecule has 0 aliphatic heterocycles. The minimum Gasteiger partial charge on any atom is -0.334 e. The second-order valence-electron chi connectivity index (χ2n) is 6.65. The third kappa shape index (κ3) is 9.23. The van der Waals surface area contributed by atoms with Gasteiger partial charge in [-0.05, 0) is 13.8 Å². The number of ketones is 3. The molecule has 0 aliphatic carbocycles. The second kappa shape index (κ2) is 10.3. The first-order chi connectivity index (χ1) is 10.5. The van der Waals surface area contributed by atoms with Gasteiger partial charge in [-0.25, -0.2) is 0 Å². The SMILES string of the molecule is CC(=O)CN(CCN(CC(C)=O)C(=O)C(C)C)CC(=O)C(C)C. The molecule has 0 aromatic rings. The van der Waals surface area contributed by atoms with Crippen molar-refractivity contribution in [1.29, 1.82) is 0 Å². The van der Waals surface area contributed by atoms with Crippen LogP contribution in [0.5, 0.6) is 0 Å². The van der Waals surface area contributed by atoms with Crippen molar-refractivity contribution in [2.75, 3.05) is 32.7 Å². The van der Waals surface area contributed by atoms with Crippen molar-refractivity contribution in [1.82, 2.24) is 9.80 Å². The van der Waals surface area contributed by atoms with E-state index in [0.717, 1.165) is 0 Å².